The van der Waals surface area contributed by atoms with Gasteiger partial charge in [0.15, 0.2) is 0 Å². The summed E-state index contributed by atoms with van der Waals surface area (Å²) in [6, 6.07) is 10.4. The van der Waals surface area contributed by atoms with Gasteiger partial charge in [0.2, 0.25) is 0 Å². The van der Waals surface area contributed by atoms with E-state index in [2.05, 4.69) is 23.5 Å². The van der Waals surface area contributed by atoms with Gasteiger partial charge in [-0.25, -0.2) is 4.98 Å². The molecule has 0 spiro atoms. The zero-order valence-corrected chi connectivity index (χ0v) is 10.6. The van der Waals surface area contributed by atoms with Crippen LogP contribution in [0.15, 0.2) is 30.3 Å². The largest absolute Gasteiger partial charge is 0.494 e. The third-order valence-corrected chi connectivity index (χ3v) is 3.68. The number of hydrogen-bond donors (Lipinski definition) is 1. The van der Waals surface area contributed by atoms with Crippen LogP contribution >= 0.6 is 0 Å². The summed E-state index contributed by atoms with van der Waals surface area (Å²) in [5.41, 5.74) is 2.18. The number of methoxy groups -OCH3 is 1. The first-order valence-electron chi connectivity index (χ1n) is 6.53. The van der Waals surface area contributed by atoms with Crippen molar-refractivity contribution in [1.82, 2.24) is 10.3 Å². The van der Waals surface area contributed by atoms with E-state index in [9.17, 15) is 0 Å². The molecule has 3 nitrogen and oxygen atoms in total. The highest BCUT2D eigenvalue weighted by Crippen LogP contribution is 2.28. The minimum absolute atomic E-state index is 0.584. The van der Waals surface area contributed by atoms with E-state index in [1.54, 1.807) is 7.11 Å². The average Bonchev–Trinajstić information content (AvgIpc) is 2.47. The lowest BCUT2D eigenvalue weighted by atomic mass is 9.94. The molecule has 1 aliphatic rings. The Labute approximate surface area is 107 Å². The van der Waals surface area contributed by atoms with E-state index >= 15 is 0 Å². The van der Waals surface area contributed by atoms with Crippen LogP contribution in [0, 0.1) is 0 Å². The summed E-state index contributed by atoms with van der Waals surface area (Å²) in [4.78, 5) is 4.82. The van der Waals surface area contributed by atoms with Crippen LogP contribution in [0.25, 0.3) is 10.9 Å². The van der Waals surface area contributed by atoms with Gasteiger partial charge in [0, 0.05) is 17.0 Å². The zero-order chi connectivity index (χ0) is 12.4. The Hall–Kier alpha value is -1.61. The Kier molecular flexibility index (Phi) is 3.15. The molecule has 0 saturated carbocycles. The summed E-state index contributed by atoms with van der Waals surface area (Å²) in [6.07, 6.45) is 2.35. The standard InChI is InChI=1S/C15H18N2O/c1-18-14-4-2-3-12-5-6-13(17-15(12)14)11-7-9-16-10-8-11/h2-6,11,16H,7-10H2,1H3. The summed E-state index contributed by atoms with van der Waals surface area (Å²) in [5.74, 6) is 1.45. The molecule has 2 aromatic rings. The van der Waals surface area contributed by atoms with Crippen LogP contribution in [-0.4, -0.2) is 25.2 Å². The molecule has 18 heavy (non-hydrogen) atoms. The van der Waals surface area contributed by atoms with Crippen molar-refractivity contribution in [2.75, 3.05) is 20.2 Å². The Bertz CT molecular complexity index is 547. The van der Waals surface area contributed by atoms with Gasteiger partial charge in [0.05, 0.1) is 7.11 Å². The number of benzene rings is 1. The van der Waals surface area contributed by atoms with Crippen LogP contribution in [0.2, 0.25) is 0 Å². The second-order valence-corrected chi connectivity index (χ2v) is 4.79. The van der Waals surface area contributed by atoms with Gasteiger partial charge in [0.25, 0.3) is 0 Å². The van der Waals surface area contributed by atoms with E-state index in [1.807, 2.05) is 12.1 Å². The normalized spacial score (nSPS) is 16.9. The molecule has 1 aromatic heterocycles. The minimum Gasteiger partial charge on any atom is -0.494 e. The van der Waals surface area contributed by atoms with Gasteiger partial charge in [-0.1, -0.05) is 18.2 Å². The first-order chi connectivity index (χ1) is 8.88. The number of para-hydroxylation sites is 1. The van der Waals surface area contributed by atoms with Crippen LogP contribution in [0.4, 0.5) is 0 Å². The molecule has 1 N–H and O–H groups in total. The predicted molar refractivity (Wildman–Crippen MR) is 73.1 cm³/mol. The minimum atomic E-state index is 0.584. The van der Waals surface area contributed by atoms with Crippen molar-refractivity contribution in [3.8, 4) is 5.75 Å². The number of hydrogen-bond acceptors (Lipinski definition) is 3. The van der Waals surface area contributed by atoms with E-state index in [0.717, 1.165) is 29.7 Å². The van der Waals surface area contributed by atoms with Gasteiger partial charge in [-0.05, 0) is 38.1 Å². The highest BCUT2D eigenvalue weighted by molar-refractivity contribution is 5.84. The molecule has 1 fully saturated rings. The average molecular weight is 242 g/mol. The molecule has 0 aliphatic carbocycles. The summed E-state index contributed by atoms with van der Waals surface area (Å²) < 4.78 is 5.39. The Balaban J connectivity index is 2.03. The fourth-order valence-electron chi connectivity index (χ4n) is 2.64. The van der Waals surface area contributed by atoms with Crippen molar-refractivity contribution in [3.05, 3.63) is 36.0 Å². The maximum atomic E-state index is 5.39. The summed E-state index contributed by atoms with van der Waals surface area (Å²) >= 11 is 0. The molecule has 1 aliphatic heterocycles. The molecule has 0 unspecified atom stereocenters. The number of nitrogens with one attached hydrogen (secondary N) is 1. The van der Waals surface area contributed by atoms with Crippen molar-refractivity contribution < 1.29 is 4.74 Å². The Morgan fingerprint density at radius 2 is 2.00 bits per heavy atom. The first-order valence-corrected chi connectivity index (χ1v) is 6.53. The molecule has 94 valence electrons. The number of fused-ring (bicyclic) bond motifs is 1. The fraction of sp³-hybridized carbons (Fsp3) is 0.400. The van der Waals surface area contributed by atoms with Crippen molar-refractivity contribution in [1.29, 1.82) is 0 Å². The highest BCUT2D eigenvalue weighted by atomic mass is 16.5. The maximum Gasteiger partial charge on any atom is 0.145 e. The molecule has 1 aromatic carbocycles. The van der Waals surface area contributed by atoms with Crippen LogP contribution in [0.5, 0.6) is 5.75 Å². The number of rotatable bonds is 2. The Morgan fingerprint density at radius 3 is 2.78 bits per heavy atom. The van der Waals surface area contributed by atoms with Crippen LogP contribution in [0.1, 0.15) is 24.5 Å². The van der Waals surface area contributed by atoms with Crippen LogP contribution in [0.3, 0.4) is 0 Å². The topological polar surface area (TPSA) is 34.1 Å². The summed E-state index contributed by atoms with van der Waals surface area (Å²) in [5, 5.41) is 4.54. The Morgan fingerprint density at radius 1 is 1.17 bits per heavy atom. The van der Waals surface area contributed by atoms with Crippen molar-refractivity contribution in [2.24, 2.45) is 0 Å². The van der Waals surface area contributed by atoms with E-state index in [-0.39, 0.29) is 0 Å². The summed E-state index contributed by atoms with van der Waals surface area (Å²) in [6.45, 7) is 2.19. The molecule has 0 radical (unpaired) electrons. The van der Waals surface area contributed by atoms with E-state index in [1.165, 1.54) is 18.5 Å². The van der Waals surface area contributed by atoms with Gasteiger partial charge in [0.1, 0.15) is 11.3 Å². The fourth-order valence-corrected chi connectivity index (χ4v) is 2.64. The third kappa shape index (κ3) is 2.06. The van der Waals surface area contributed by atoms with Gasteiger partial charge < -0.3 is 10.1 Å². The van der Waals surface area contributed by atoms with Gasteiger partial charge >= 0.3 is 0 Å². The van der Waals surface area contributed by atoms with Crippen molar-refractivity contribution >= 4 is 10.9 Å². The summed E-state index contributed by atoms with van der Waals surface area (Å²) in [7, 11) is 1.70. The molecule has 3 rings (SSSR count). The molecule has 3 heteroatoms. The van der Waals surface area contributed by atoms with E-state index in [4.69, 9.17) is 9.72 Å². The van der Waals surface area contributed by atoms with Gasteiger partial charge in [-0.15, -0.1) is 0 Å². The van der Waals surface area contributed by atoms with Crippen molar-refractivity contribution in [2.45, 2.75) is 18.8 Å². The number of ether oxygens (including phenoxy) is 1. The second kappa shape index (κ2) is 4.94. The van der Waals surface area contributed by atoms with E-state index in [0.29, 0.717) is 5.92 Å². The third-order valence-electron chi connectivity index (χ3n) is 3.68. The van der Waals surface area contributed by atoms with Crippen molar-refractivity contribution in [3.63, 3.8) is 0 Å². The molecule has 0 atom stereocenters. The molecular formula is C15H18N2O. The number of aromatic nitrogens is 1. The van der Waals surface area contributed by atoms with Crippen LogP contribution < -0.4 is 10.1 Å². The molecule has 2 heterocycles. The molecular weight excluding hydrogens is 224 g/mol. The predicted octanol–water partition coefficient (Wildman–Crippen LogP) is 2.71. The number of pyridine rings is 1. The first kappa shape index (κ1) is 11.5. The highest BCUT2D eigenvalue weighted by Gasteiger charge is 2.17. The molecule has 0 amide bonds. The number of piperidine rings is 1. The maximum absolute atomic E-state index is 5.39. The lowest BCUT2D eigenvalue weighted by molar-refractivity contribution is 0.418. The van der Waals surface area contributed by atoms with Crippen LogP contribution in [-0.2, 0) is 0 Å². The second-order valence-electron chi connectivity index (χ2n) is 4.79. The van der Waals surface area contributed by atoms with Gasteiger partial charge in [-0.3, -0.25) is 0 Å². The lowest BCUT2D eigenvalue weighted by Crippen LogP contribution is -2.27. The lowest BCUT2D eigenvalue weighted by Gasteiger charge is -2.22. The van der Waals surface area contributed by atoms with E-state index < -0.39 is 0 Å². The SMILES string of the molecule is COc1cccc2ccc(C3CCNCC3)nc12. The number of nitrogens with zero attached hydrogens (tertiary/aromatic N) is 1. The zero-order valence-electron chi connectivity index (χ0n) is 10.6. The molecule has 1 saturated heterocycles. The van der Waals surface area contributed by atoms with Gasteiger partial charge in [-0.2, -0.15) is 0 Å². The monoisotopic (exact) mass is 242 g/mol. The molecule has 0 bridgehead atoms. The smallest absolute Gasteiger partial charge is 0.145 e. The quantitative estimate of drug-likeness (QED) is 0.879.